The van der Waals surface area contributed by atoms with Crippen molar-refractivity contribution in [2.75, 3.05) is 6.79 Å². The van der Waals surface area contributed by atoms with Gasteiger partial charge in [0.1, 0.15) is 0 Å². The minimum absolute atomic E-state index is 0.249. The van der Waals surface area contributed by atoms with Gasteiger partial charge in [-0.2, -0.15) is 4.98 Å². The van der Waals surface area contributed by atoms with Crippen molar-refractivity contribution in [2.24, 2.45) is 0 Å². The van der Waals surface area contributed by atoms with Crippen molar-refractivity contribution in [1.29, 1.82) is 0 Å². The van der Waals surface area contributed by atoms with Crippen LogP contribution in [0.5, 0.6) is 11.5 Å². The Balaban J connectivity index is 1.73. The first-order chi connectivity index (χ1) is 10.3. The molecule has 0 amide bonds. The van der Waals surface area contributed by atoms with Crippen LogP contribution < -0.4 is 9.47 Å². The molecule has 4 rings (SSSR count). The van der Waals surface area contributed by atoms with E-state index in [1.165, 1.54) is 0 Å². The molecule has 0 fully saturated rings. The summed E-state index contributed by atoms with van der Waals surface area (Å²) in [6, 6.07) is 13.5. The lowest BCUT2D eigenvalue weighted by Crippen LogP contribution is -1.92. The van der Waals surface area contributed by atoms with Gasteiger partial charge in [0.2, 0.25) is 12.6 Å². The Hall–Kier alpha value is -2.82. The second-order valence-electron chi connectivity index (χ2n) is 4.81. The van der Waals surface area contributed by atoms with Crippen molar-refractivity contribution in [3.63, 3.8) is 0 Å². The van der Waals surface area contributed by atoms with Gasteiger partial charge in [0.15, 0.2) is 11.5 Å². The van der Waals surface area contributed by atoms with Crippen LogP contribution in [-0.2, 0) is 0 Å². The maximum atomic E-state index is 5.37. The molecule has 3 aromatic rings. The molecule has 0 unspecified atom stereocenters. The normalized spacial score (nSPS) is 12.6. The number of hydrogen-bond acceptors (Lipinski definition) is 5. The van der Waals surface area contributed by atoms with E-state index in [-0.39, 0.29) is 6.79 Å². The average Bonchev–Trinajstić information content (AvgIpc) is 3.16. The largest absolute Gasteiger partial charge is 0.454 e. The van der Waals surface area contributed by atoms with Crippen molar-refractivity contribution < 1.29 is 14.0 Å². The molecule has 1 aliphatic rings. The first-order valence-corrected chi connectivity index (χ1v) is 6.61. The van der Waals surface area contributed by atoms with Crippen molar-refractivity contribution in [3.05, 3.63) is 48.0 Å². The number of aromatic nitrogens is 2. The van der Waals surface area contributed by atoms with E-state index < -0.39 is 0 Å². The van der Waals surface area contributed by atoms with Gasteiger partial charge in [-0.25, -0.2) is 0 Å². The van der Waals surface area contributed by atoms with Gasteiger partial charge < -0.3 is 14.0 Å². The van der Waals surface area contributed by atoms with Gasteiger partial charge in [-0.1, -0.05) is 23.4 Å². The predicted octanol–water partition coefficient (Wildman–Crippen LogP) is 3.44. The van der Waals surface area contributed by atoms with E-state index in [4.69, 9.17) is 14.0 Å². The Morgan fingerprint density at radius 2 is 1.86 bits per heavy atom. The predicted molar refractivity (Wildman–Crippen MR) is 76.0 cm³/mol. The van der Waals surface area contributed by atoms with Gasteiger partial charge in [0, 0.05) is 11.1 Å². The highest BCUT2D eigenvalue weighted by molar-refractivity contribution is 5.64. The number of rotatable bonds is 2. The Morgan fingerprint density at radius 1 is 1.00 bits per heavy atom. The topological polar surface area (TPSA) is 57.4 Å². The van der Waals surface area contributed by atoms with Crippen molar-refractivity contribution >= 4 is 0 Å². The van der Waals surface area contributed by atoms with E-state index in [1.807, 2.05) is 49.4 Å². The Morgan fingerprint density at radius 3 is 2.76 bits per heavy atom. The summed E-state index contributed by atoms with van der Waals surface area (Å²) < 4.78 is 16.0. The summed E-state index contributed by atoms with van der Waals surface area (Å²) in [4.78, 5) is 4.46. The van der Waals surface area contributed by atoms with Gasteiger partial charge >= 0.3 is 0 Å². The van der Waals surface area contributed by atoms with E-state index in [0.717, 1.165) is 22.4 Å². The van der Waals surface area contributed by atoms with Crippen LogP contribution in [0, 0.1) is 6.92 Å². The van der Waals surface area contributed by atoms with Crippen LogP contribution in [0.2, 0.25) is 0 Å². The number of benzene rings is 2. The second-order valence-corrected chi connectivity index (χ2v) is 4.81. The number of ether oxygens (including phenoxy) is 2. The molecule has 0 aliphatic carbocycles. The maximum Gasteiger partial charge on any atom is 0.258 e. The fraction of sp³-hybridized carbons (Fsp3) is 0.125. The van der Waals surface area contributed by atoms with Gasteiger partial charge in [-0.15, -0.1) is 0 Å². The fourth-order valence-corrected chi connectivity index (χ4v) is 2.30. The second kappa shape index (κ2) is 4.63. The molecule has 0 saturated heterocycles. The molecular formula is C16H12N2O3. The number of nitrogens with zero attached hydrogens (tertiary/aromatic N) is 2. The SMILES string of the molecule is Cc1ccccc1-c1nc(-c2ccc3c(c2)OCO3)no1. The highest BCUT2D eigenvalue weighted by Crippen LogP contribution is 2.35. The minimum atomic E-state index is 0.249. The third-order valence-corrected chi connectivity index (χ3v) is 3.43. The van der Waals surface area contributed by atoms with Crippen LogP contribution in [0.25, 0.3) is 22.8 Å². The molecule has 1 aliphatic heterocycles. The van der Waals surface area contributed by atoms with Crippen molar-refractivity contribution in [3.8, 4) is 34.3 Å². The summed E-state index contributed by atoms with van der Waals surface area (Å²) in [6.45, 7) is 2.26. The summed E-state index contributed by atoms with van der Waals surface area (Å²) in [6.07, 6.45) is 0. The average molecular weight is 280 g/mol. The van der Waals surface area contributed by atoms with Gasteiger partial charge in [-0.3, -0.25) is 0 Å². The van der Waals surface area contributed by atoms with Crippen molar-refractivity contribution in [2.45, 2.75) is 6.92 Å². The molecule has 5 nitrogen and oxygen atoms in total. The lowest BCUT2D eigenvalue weighted by molar-refractivity contribution is 0.174. The lowest BCUT2D eigenvalue weighted by Gasteiger charge is -1.98. The van der Waals surface area contributed by atoms with Crippen LogP contribution in [0.4, 0.5) is 0 Å². The Kier molecular flexibility index (Phi) is 2.64. The first kappa shape index (κ1) is 12.0. The summed E-state index contributed by atoms with van der Waals surface area (Å²) in [5.41, 5.74) is 2.87. The summed E-state index contributed by atoms with van der Waals surface area (Å²) in [5.74, 6) is 2.49. The molecule has 2 heterocycles. The third kappa shape index (κ3) is 2.03. The standard InChI is InChI=1S/C16H12N2O3/c1-10-4-2-3-5-12(10)16-17-15(18-21-16)11-6-7-13-14(8-11)20-9-19-13/h2-8H,9H2,1H3. The monoisotopic (exact) mass is 280 g/mol. The summed E-state index contributed by atoms with van der Waals surface area (Å²) in [7, 11) is 0. The Bertz CT molecular complexity index is 811. The van der Waals surface area contributed by atoms with Gasteiger partial charge in [0.25, 0.3) is 5.89 Å². The van der Waals surface area contributed by atoms with Gasteiger partial charge in [-0.05, 0) is 36.8 Å². The van der Waals surface area contributed by atoms with Crippen LogP contribution in [0.3, 0.4) is 0 Å². The quantitative estimate of drug-likeness (QED) is 0.719. The van der Waals surface area contributed by atoms with Crippen LogP contribution in [0.15, 0.2) is 47.0 Å². The molecule has 0 N–H and O–H groups in total. The highest BCUT2D eigenvalue weighted by atomic mass is 16.7. The molecule has 2 aromatic carbocycles. The molecule has 0 saturated carbocycles. The van der Waals surface area contributed by atoms with E-state index >= 15 is 0 Å². The lowest BCUT2D eigenvalue weighted by atomic mass is 10.1. The third-order valence-electron chi connectivity index (χ3n) is 3.43. The van der Waals surface area contributed by atoms with E-state index in [0.29, 0.717) is 17.5 Å². The number of fused-ring (bicyclic) bond motifs is 1. The molecule has 0 radical (unpaired) electrons. The fourth-order valence-electron chi connectivity index (χ4n) is 2.30. The summed E-state index contributed by atoms with van der Waals surface area (Å²) in [5, 5.41) is 4.05. The number of hydrogen-bond donors (Lipinski definition) is 0. The van der Waals surface area contributed by atoms with E-state index in [9.17, 15) is 0 Å². The molecule has 1 aromatic heterocycles. The summed E-state index contributed by atoms with van der Waals surface area (Å²) >= 11 is 0. The zero-order valence-corrected chi connectivity index (χ0v) is 11.4. The van der Waals surface area contributed by atoms with Crippen LogP contribution in [-0.4, -0.2) is 16.9 Å². The van der Waals surface area contributed by atoms with E-state index in [1.54, 1.807) is 0 Å². The highest BCUT2D eigenvalue weighted by Gasteiger charge is 2.17. The first-order valence-electron chi connectivity index (χ1n) is 6.61. The molecule has 104 valence electrons. The van der Waals surface area contributed by atoms with E-state index in [2.05, 4.69) is 10.1 Å². The molecule has 0 spiro atoms. The van der Waals surface area contributed by atoms with Crippen LogP contribution in [0.1, 0.15) is 5.56 Å². The smallest absolute Gasteiger partial charge is 0.258 e. The molecule has 0 atom stereocenters. The van der Waals surface area contributed by atoms with Gasteiger partial charge in [0.05, 0.1) is 0 Å². The maximum absolute atomic E-state index is 5.37. The Labute approximate surface area is 121 Å². The molecular weight excluding hydrogens is 268 g/mol. The zero-order valence-electron chi connectivity index (χ0n) is 11.4. The molecule has 0 bridgehead atoms. The van der Waals surface area contributed by atoms with Crippen LogP contribution >= 0.6 is 0 Å². The number of aryl methyl sites for hydroxylation is 1. The molecule has 5 heteroatoms. The molecule has 21 heavy (non-hydrogen) atoms. The van der Waals surface area contributed by atoms with Crippen molar-refractivity contribution in [1.82, 2.24) is 10.1 Å². The zero-order chi connectivity index (χ0) is 14.2. The minimum Gasteiger partial charge on any atom is -0.454 e.